The second kappa shape index (κ2) is 7.63. The van der Waals surface area contributed by atoms with E-state index in [2.05, 4.69) is 20.6 Å². The first-order chi connectivity index (χ1) is 13.2. The summed E-state index contributed by atoms with van der Waals surface area (Å²) >= 11 is 0. The fraction of sp³-hybridized carbons (Fsp3) is 0.105. The smallest absolute Gasteiger partial charge is 0.340 e. The van der Waals surface area contributed by atoms with Crippen LogP contribution in [0.3, 0.4) is 0 Å². The number of nitrogens with zero attached hydrogens (tertiary/aromatic N) is 2. The maximum absolute atomic E-state index is 13.1. The molecular weight excluding hydrogens is 376 g/mol. The lowest BCUT2D eigenvalue weighted by Gasteiger charge is -2.14. The van der Waals surface area contributed by atoms with Crippen LogP contribution in [0.5, 0.6) is 0 Å². The Morgan fingerprint density at radius 1 is 1.00 bits per heavy atom. The summed E-state index contributed by atoms with van der Waals surface area (Å²) in [7, 11) is 0. The van der Waals surface area contributed by atoms with Gasteiger partial charge >= 0.3 is 6.18 Å². The first-order valence-electron chi connectivity index (χ1n) is 8.08. The van der Waals surface area contributed by atoms with E-state index in [9.17, 15) is 22.4 Å². The molecule has 3 aromatic rings. The van der Waals surface area contributed by atoms with Crippen molar-refractivity contribution in [1.29, 1.82) is 0 Å². The number of anilines is 3. The summed E-state index contributed by atoms with van der Waals surface area (Å²) in [5.41, 5.74) is -0.925. The van der Waals surface area contributed by atoms with Gasteiger partial charge in [0.2, 0.25) is 0 Å². The number of para-hydroxylation sites is 1. The maximum Gasteiger partial charge on any atom is 0.418 e. The van der Waals surface area contributed by atoms with Gasteiger partial charge in [-0.2, -0.15) is 13.2 Å². The zero-order valence-electron chi connectivity index (χ0n) is 14.5. The Labute approximate surface area is 157 Å². The van der Waals surface area contributed by atoms with Crippen LogP contribution < -0.4 is 10.6 Å². The minimum Gasteiger partial charge on any atom is -0.340 e. The highest BCUT2D eigenvalue weighted by atomic mass is 19.4. The number of halogens is 4. The van der Waals surface area contributed by atoms with Gasteiger partial charge in [0, 0.05) is 11.8 Å². The van der Waals surface area contributed by atoms with Crippen molar-refractivity contribution < 1.29 is 22.4 Å². The second-order valence-corrected chi connectivity index (χ2v) is 5.81. The lowest BCUT2D eigenvalue weighted by atomic mass is 10.1. The fourth-order valence-electron chi connectivity index (χ4n) is 2.45. The molecule has 0 atom stereocenters. The zero-order valence-corrected chi connectivity index (χ0v) is 14.5. The van der Waals surface area contributed by atoms with Gasteiger partial charge in [-0.25, -0.2) is 14.4 Å². The van der Waals surface area contributed by atoms with Gasteiger partial charge in [0.05, 0.1) is 11.3 Å². The van der Waals surface area contributed by atoms with Crippen LogP contribution in [0.1, 0.15) is 21.9 Å². The van der Waals surface area contributed by atoms with E-state index in [-0.39, 0.29) is 23.0 Å². The molecule has 2 N–H and O–H groups in total. The molecule has 0 saturated heterocycles. The van der Waals surface area contributed by atoms with Crippen LogP contribution in [0.2, 0.25) is 0 Å². The van der Waals surface area contributed by atoms with Crippen molar-refractivity contribution in [1.82, 2.24) is 9.97 Å². The summed E-state index contributed by atoms with van der Waals surface area (Å²) < 4.78 is 52.3. The lowest BCUT2D eigenvalue weighted by molar-refractivity contribution is -0.136. The Hall–Kier alpha value is -3.49. The van der Waals surface area contributed by atoms with E-state index in [0.717, 1.165) is 12.1 Å². The number of benzene rings is 2. The second-order valence-electron chi connectivity index (χ2n) is 5.81. The predicted molar refractivity (Wildman–Crippen MR) is 95.8 cm³/mol. The summed E-state index contributed by atoms with van der Waals surface area (Å²) in [5.74, 6) is -0.744. The highest BCUT2D eigenvalue weighted by Gasteiger charge is 2.33. The average molecular weight is 390 g/mol. The number of rotatable bonds is 4. The number of alkyl halides is 3. The van der Waals surface area contributed by atoms with Crippen LogP contribution in [-0.2, 0) is 6.18 Å². The van der Waals surface area contributed by atoms with Crippen LogP contribution >= 0.6 is 0 Å². The van der Waals surface area contributed by atoms with Gasteiger partial charge in [-0.05, 0) is 43.3 Å². The van der Waals surface area contributed by atoms with Gasteiger partial charge in [0.15, 0.2) is 0 Å². The third-order valence-electron chi connectivity index (χ3n) is 3.67. The molecule has 0 aliphatic heterocycles. The Morgan fingerprint density at radius 2 is 1.68 bits per heavy atom. The van der Waals surface area contributed by atoms with E-state index in [1.165, 1.54) is 49.4 Å². The molecule has 28 heavy (non-hydrogen) atoms. The molecule has 0 spiro atoms. The van der Waals surface area contributed by atoms with Gasteiger partial charge in [0.1, 0.15) is 23.2 Å². The van der Waals surface area contributed by atoms with E-state index in [1.54, 1.807) is 0 Å². The number of hydrogen-bond donors (Lipinski definition) is 2. The summed E-state index contributed by atoms with van der Waals surface area (Å²) in [6.45, 7) is 1.54. The van der Waals surface area contributed by atoms with E-state index in [4.69, 9.17) is 0 Å². The van der Waals surface area contributed by atoms with Crippen LogP contribution in [0, 0.1) is 12.7 Å². The Balaban J connectivity index is 1.85. The van der Waals surface area contributed by atoms with Gasteiger partial charge in [-0.15, -0.1) is 0 Å². The molecule has 1 aromatic heterocycles. The number of nitrogens with one attached hydrogen (secondary N) is 2. The maximum atomic E-state index is 13.1. The standard InChI is InChI=1S/C19H14F4N4O/c1-11-24-16(10-17(25-11)26-13-8-6-12(20)7-9-13)18(28)27-15-5-3-2-4-14(15)19(21,22)23/h2-10H,1H3,(H,27,28)(H,24,25,26). The number of hydrogen-bond acceptors (Lipinski definition) is 4. The van der Waals surface area contributed by atoms with E-state index >= 15 is 0 Å². The molecule has 2 aromatic carbocycles. The van der Waals surface area contributed by atoms with Crippen molar-refractivity contribution in [2.24, 2.45) is 0 Å². The molecule has 1 heterocycles. The first kappa shape index (κ1) is 19.3. The molecule has 1 amide bonds. The third-order valence-corrected chi connectivity index (χ3v) is 3.67. The van der Waals surface area contributed by atoms with Crippen LogP contribution in [-0.4, -0.2) is 15.9 Å². The highest BCUT2D eigenvalue weighted by Crippen LogP contribution is 2.34. The number of amides is 1. The number of carbonyl (C=O) groups excluding carboxylic acids is 1. The largest absolute Gasteiger partial charge is 0.418 e. The molecule has 0 aliphatic rings. The topological polar surface area (TPSA) is 66.9 Å². The quantitative estimate of drug-likeness (QED) is 0.620. The van der Waals surface area contributed by atoms with Gasteiger partial charge in [0.25, 0.3) is 5.91 Å². The number of carbonyl (C=O) groups is 1. The summed E-state index contributed by atoms with van der Waals surface area (Å²) in [5, 5.41) is 5.12. The van der Waals surface area contributed by atoms with Gasteiger partial charge in [-0.3, -0.25) is 4.79 Å². The minimum atomic E-state index is -4.61. The van der Waals surface area contributed by atoms with Gasteiger partial charge < -0.3 is 10.6 Å². The monoisotopic (exact) mass is 390 g/mol. The van der Waals surface area contributed by atoms with Crippen molar-refractivity contribution in [2.75, 3.05) is 10.6 Å². The minimum absolute atomic E-state index is 0.117. The van der Waals surface area contributed by atoms with Crippen molar-refractivity contribution in [2.45, 2.75) is 13.1 Å². The predicted octanol–water partition coefficient (Wildman–Crippen LogP) is 4.94. The van der Waals surface area contributed by atoms with Crippen LogP contribution in [0.25, 0.3) is 0 Å². The SMILES string of the molecule is Cc1nc(Nc2ccc(F)cc2)cc(C(=O)Nc2ccccc2C(F)(F)F)n1. The van der Waals surface area contributed by atoms with Crippen molar-refractivity contribution in [3.63, 3.8) is 0 Å². The molecule has 144 valence electrons. The van der Waals surface area contributed by atoms with Crippen molar-refractivity contribution in [3.05, 3.63) is 77.5 Å². The van der Waals surface area contributed by atoms with Crippen molar-refractivity contribution >= 4 is 23.1 Å². The summed E-state index contributed by atoms with van der Waals surface area (Å²) in [6.07, 6.45) is -4.61. The summed E-state index contributed by atoms with van der Waals surface area (Å²) in [4.78, 5) is 20.5. The average Bonchev–Trinajstić information content (AvgIpc) is 2.63. The molecular formula is C19H14F4N4O. The molecule has 3 rings (SSSR count). The first-order valence-corrected chi connectivity index (χ1v) is 8.08. The highest BCUT2D eigenvalue weighted by molar-refractivity contribution is 6.03. The molecule has 0 unspecified atom stereocenters. The Morgan fingerprint density at radius 3 is 2.36 bits per heavy atom. The normalized spacial score (nSPS) is 11.2. The molecule has 0 saturated carbocycles. The Kier molecular flexibility index (Phi) is 5.25. The fourth-order valence-corrected chi connectivity index (χ4v) is 2.45. The molecule has 5 nitrogen and oxygen atoms in total. The van der Waals surface area contributed by atoms with Crippen LogP contribution in [0.15, 0.2) is 54.6 Å². The Bertz CT molecular complexity index is 1000. The number of aromatic nitrogens is 2. The summed E-state index contributed by atoms with van der Waals surface area (Å²) in [6, 6.07) is 11.4. The van der Waals surface area contributed by atoms with E-state index in [1.807, 2.05) is 0 Å². The number of aryl methyl sites for hydroxylation is 1. The van der Waals surface area contributed by atoms with Crippen LogP contribution in [0.4, 0.5) is 34.8 Å². The van der Waals surface area contributed by atoms with Gasteiger partial charge in [-0.1, -0.05) is 12.1 Å². The zero-order chi connectivity index (χ0) is 20.3. The lowest BCUT2D eigenvalue weighted by Crippen LogP contribution is -2.18. The van der Waals surface area contributed by atoms with E-state index < -0.39 is 23.5 Å². The van der Waals surface area contributed by atoms with Crippen molar-refractivity contribution in [3.8, 4) is 0 Å². The molecule has 0 bridgehead atoms. The van der Waals surface area contributed by atoms with E-state index in [0.29, 0.717) is 5.69 Å². The third kappa shape index (κ3) is 4.61. The molecule has 0 radical (unpaired) electrons. The molecule has 0 fully saturated rings. The molecule has 9 heteroatoms. The molecule has 0 aliphatic carbocycles.